The van der Waals surface area contributed by atoms with Crippen LogP contribution >= 0.6 is 11.6 Å². The number of nitrogens with one attached hydrogen (secondary N) is 1. The molecule has 2 aromatic rings. The van der Waals surface area contributed by atoms with E-state index < -0.39 is 28.5 Å². The van der Waals surface area contributed by atoms with Gasteiger partial charge in [-0.05, 0) is 42.7 Å². The number of hydrogen-bond acceptors (Lipinski definition) is 5. The number of carbonyl (C=O) groups excluding carboxylic acids is 1. The van der Waals surface area contributed by atoms with Gasteiger partial charge in [-0.25, -0.2) is 0 Å². The number of para-hydroxylation sites is 2. The van der Waals surface area contributed by atoms with Crippen molar-refractivity contribution in [3.05, 3.63) is 58.6 Å². The van der Waals surface area contributed by atoms with E-state index in [9.17, 15) is 28.2 Å². The van der Waals surface area contributed by atoms with Crippen molar-refractivity contribution in [3.63, 3.8) is 0 Å². The van der Waals surface area contributed by atoms with Crippen LogP contribution in [-0.2, 0) is 16.6 Å². The van der Waals surface area contributed by atoms with Gasteiger partial charge in [0.05, 0.1) is 21.9 Å². The highest BCUT2D eigenvalue weighted by Gasteiger charge is 2.38. The molecule has 0 saturated carbocycles. The summed E-state index contributed by atoms with van der Waals surface area (Å²) in [5, 5.41) is 23.6. The predicted molar refractivity (Wildman–Crippen MR) is 118 cm³/mol. The van der Waals surface area contributed by atoms with Gasteiger partial charge in [-0.2, -0.15) is 13.2 Å². The molecule has 1 aliphatic heterocycles. The number of benzene rings is 2. The van der Waals surface area contributed by atoms with Crippen molar-refractivity contribution >= 4 is 23.2 Å². The van der Waals surface area contributed by atoms with E-state index in [1.165, 1.54) is 13.0 Å². The zero-order chi connectivity index (χ0) is 24.2. The number of β-amino-alcohol motifs (C(OH)–C–C–N with tert-alkyl or cyclic N) is 1. The molecular weight excluding hydrogens is 461 g/mol. The minimum absolute atomic E-state index is 0.0104. The van der Waals surface area contributed by atoms with E-state index in [4.69, 9.17) is 16.3 Å². The normalized spacial score (nSPS) is 17.4. The van der Waals surface area contributed by atoms with E-state index in [0.29, 0.717) is 24.5 Å². The number of piperidine rings is 1. The molecule has 3 rings (SSSR count). The van der Waals surface area contributed by atoms with E-state index in [0.717, 1.165) is 12.1 Å². The second-order valence-corrected chi connectivity index (χ2v) is 8.57. The van der Waals surface area contributed by atoms with E-state index >= 15 is 0 Å². The molecule has 6 nitrogen and oxygen atoms in total. The van der Waals surface area contributed by atoms with Crippen molar-refractivity contribution in [2.45, 2.75) is 37.6 Å². The van der Waals surface area contributed by atoms with Gasteiger partial charge in [0.15, 0.2) is 0 Å². The first-order valence-electron chi connectivity index (χ1n) is 10.5. The average molecular weight is 487 g/mol. The van der Waals surface area contributed by atoms with Gasteiger partial charge >= 0.3 is 6.18 Å². The number of nitrogens with zero attached hydrogens (tertiary/aromatic N) is 1. The van der Waals surface area contributed by atoms with E-state index in [-0.39, 0.29) is 37.5 Å². The SMILES string of the molecule is CC(=O)Nc1ccccc1OCC(O)CN1CCC(O)(c2ccc(Cl)c(C(F)(F)F)c2)CC1. The number of carbonyl (C=O) groups is 1. The van der Waals surface area contributed by atoms with Gasteiger partial charge in [0.1, 0.15) is 18.5 Å². The minimum Gasteiger partial charge on any atom is -0.489 e. The largest absolute Gasteiger partial charge is 0.489 e. The topological polar surface area (TPSA) is 82.0 Å². The Morgan fingerprint density at radius 1 is 1.24 bits per heavy atom. The summed E-state index contributed by atoms with van der Waals surface area (Å²) in [6.45, 7) is 2.42. The predicted octanol–water partition coefficient (Wildman–Crippen LogP) is 4.04. The summed E-state index contributed by atoms with van der Waals surface area (Å²) in [5.41, 5.74) is -1.69. The maximum absolute atomic E-state index is 13.2. The molecule has 0 bridgehead atoms. The Hall–Kier alpha value is -2.33. The third-order valence-corrected chi connectivity index (χ3v) is 5.92. The fraction of sp³-hybridized carbons (Fsp3) is 0.435. The number of rotatable bonds is 7. The van der Waals surface area contributed by atoms with Crippen LogP contribution in [0.15, 0.2) is 42.5 Å². The van der Waals surface area contributed by atoms with Gasteiger partial charge in [-0.3, -0.25) is 4.79 Å². The van der Waals surface area contributed by atoms with Crippen LogP contribution in [0.25, 0.3) is 0 Å². The number of aliphatic hydroxyl groups is 2. The number of likely N-dealkylation sites (tertiary alicyclic amines) is 1. The molecule has 1 heterocycles. The molecule has 3 N–H and O–H groups in total. The number of aliphatic hydroxyl groups excluding tert-OH is 1. The van der Waals surface area contributed by atoms with E-state index in [1.807, 2.05) is 4.90 Å². The van der Waals surface area contributed by atoms with Crippen LogP contribution in [-0.4, -0.2) is 53.4 Å². The summed E-state index contributed by atoms with van der Waals surface area (Å²) >= 11 is 5.68. The average Bonchev–Trinajstić information content (AvgIpc) is 2.74. The van der Waals surface area contributed by atoms with Crippen LogP contribution in [0.5, 0.6) is 5.75 Å². The van der Waals surface area contributed by atoms with Crippen molar-refractivity contribution in [1.29, 1.82) is 0 Å². The molecule has 0 aliphatic carbocycles. The molecule has 1 saturated heterocycles. The van der Waals surface area contributed by atoms with Crippen LogP contribution in [0.2, 0.25) is 5.02 Å². The molecule has 10 heteroatoms. The lowest BCUT2D eigenvalue weighted by Crippen LogP contribution is -2.46. The molecule has 0 radical (unpaired) electrons. The molecule has 1 amide bonds. The number of alkyl halides is 3. The summed E-state index contributed by atoms with van der Waals surface area (Å²) in [4.78, 5) is 13.2. The van der Waals surface area contributed by atoms with Gasteiger partial charge in [-0.15, -0.1) is 0 Å². The molecule has 0 spiro atoms. The summed E-state index contributed by atoms with van der Waals surface area (Å²) in [7, 11) is 0. The highest BCUT2D eigenvalue weighted by Crippen LogP contribution is 2.40. The molecule has 33 heavy (non-hydrogen) atoms. The minimum atomic E-state index is -4.60. The zero-order valence-electron chi connectivity index (χ0n) is 18.0. The number of amides is 1. The Kier molecular flexibility index (Phi) is 7.89. The number of anilines is 1. The van der Waals surface area contributed by atoms with Gasteiger partial charge in [0.25, 0.3) is 0 Å². The van der Waals surface area contributed by atoms with Crippen LogP contribution in [0.4, 0.5) is 18.9 Å². The molecule has 1 unspecified atom stereocenters. The van der Waals surface area contributed by atoms with Gasteiger partial charge in [-0.1, -0.05) is 29.8 Å². The lowest BCUT2D eigenvalue weighted by atomic mass is 9.83. The smallest absolute Gasteiger partial charge is 0.417 e. The van der Waals surface area contributed by atoms with Crippen LogP contribution < -0.4 is 10.1 Å². The number of halogens is 4. The van der Waals surface area contributed by atoms with Crippen LogP contribution in [0.1, 0.15) is 30.9 Å². The van der Waals surface area contributed by atoms with Gasteiger partial charge in [0.2, 0.25) is 5.91 Å². The van der Waals surface area contributed by atoms with Gasteiger partial charge in [0, 0.05) is 26.6 Å². The molecule has 1 fully saturated rings. The Morgan fingerprint density at radius 2 is 1.91 bits per heavy atom. The molecular formula is C23H26ClF3N2O4. The molecule has 0 aromatic heterocycles. The fourth-order valence-corrected chi connectivity index (χ4v) is 4.07. The molecule has 2 aromatic carbocycles. The maximum atomic E-state index is 13.2. The lowest BCUT2D eigenvalue weighted by molar-refractivity contribution is -0.137. The number of ether oxygens (including phenoxy) is 1. The van der Waals surface area contributed by atoms with Crippen LogP contribution in [0.3, 0.4) is 0 Å². The van der Waals surface area contributed by atoms with E-state index in [1.54, 1.807) is 24.3 Å². The van der Waals surface area contributed by atoms with Crippen molar-refractivity contribution < 1.29 is 32.9 Å². The van der Waals surface area contributed by atoms with Crippen molar-refractivity contribution in [1.82, 2.24) is 4.90 Å². The summed E-state index contributed by atoms with van der Waals surface area (Å²) < 4.78 is 45.2. The summed E-state index contributed by atoms with van der Waals surface area (Å²) in [6.07, 6.45) is -5.02. The van der Waals surface area contributed by atoms with Gasteiger partial charge < -0.3 is 25.2 Å². The Balaban J connectivity index is 1.55. The molecule has 180 valence electrons. The molecule has 1 atom stereocenters. The third-order valence-electron chi connectivity index (χ3n) is 5.59. The summed E-state index contributed by atoms with van der Waals surface area (Å²) in [5.74, 6) is 0.193. The molecule has 1 aliphatic rings. The van der Waals surface area contributed by atoms with Crippen molar-refractivity contribution in [2.75, 3.05) is 31.6 Å². The maximum Gasteiger partial charge on any atom is 0.417 e. The Bertz CT molecular complexity index is 978. The second kappa shape index (κ2) is 10.3. The van der Waals surface area contributed by atoms with E-state index in [2.05, 4.69) is 5.32 Å². The lowest BCUT2D eigenvalue weighted by Gasteiger charge is -2.39. The van der Waals surface area contributed by atoms with Crippen LogP contribution in [0, 0.1) is 0 Å². The standard InChI is InChI=1S/C23H26ClF3N2O4/c1-15(30)28-20-4-2-3-5-21(20)33-14-17(31)13-29-10-8-22(32,9-11-29)16-6-7-19(24)18(12-16)23(25,26)27/h2-7,12,17,31-32H,8-11,13-14H2,1H3,(H,28,30). The van der Waals surface area contributed by atoms with Crippen molar-refractivity contribution in [2.24, 2.45) is 0 Å². The summed E-state index contributed by atoms with van der Waals surface area (Å²) in [6, 6.07) is 10.4. The second-order valence-electron chi connectivity index (χ2n) is 8.17. The highest BCUT2D eigenvalue weighted by molar-refractivity contribution is 6.31. The first-order valence-corrected chi connectivity index (χ1v) is 10.9. The Morgan fingerprint density at radius 3 is 2.55 bits per heavy atom. The first-order chi connectivity index (χ1) is 15.5. The zero-order valence-corrected chi connectivity index (χ0v) is 18.8. The number of hydrogen-bond donors (Lipinski definition) is 3. The third kappa shape index (κ3) is 6.60. The highest BCUT2D eigenvalue weighted by atomic mass is 35.5. The Labute approximate surface area is 194 Å². The first kappa shape index (κ1) is 25.3. The fourth-order valence-electron chi connectivity index (χ4n) is 3.85. The monoisotopic (exact) mass is 486 g/mol. The quantitative estimate of drug-likeness (QED) is 0.550. The van der Waals surface area contributed by atoms with Crippen molar-refractivity contribution in [3.8, 4) is 5.75 Å².